The highest BCUT2D eigenvalue weighted by Crippen LogP contribution is 2.42. The topological polar surface area (TPSA) is 9.23 Å². The summed E-state index contributed by atoms with van der Waals surface area (Å²) in [6.07, 6.45) is 1.61. The summed E-state index contributed by atoms with van der Waals surface area (Å²) in [7, 11) is 1.56. The van der Waals surface area contributed by atoms with E-state index in [9.17, 15) is 0 Å². The molecule has 0 aromatic heterocycles. The van der Waals surface area contributed by atoms with Gasteiger partial charge in [-0.05, 0) is 6.07 Å². The molecule has 76 valence electrons. The maximum absolute atomic E-state index is 5.80. The van der Waals surface area contributed by atoms with Crippen molar-refractivity contribution in [3.8, 4) is 5.75 Å². The van der Waals surface area contributed by atoms with Crippen LogP contribution in [-0.4, -0.2) is 7.11 Å². The predicted molar refractivity (Wildman–Crippen MR) is 62.3 cm³/mol. The fourth-order valence-electron chi connectivity index (χ4n) is 1.18. The highest BCUT2D eigenvalue weighted by Gasteiger charge is 2.26. The van der Waals surface area contributed by atoms with Crippen LogP contribution >= 0.6 is 34.8 Å². The number of alkyl halides is 3. The molecule has 0 amide bonds. The third-order valence-electron chi connectivity index (χ3n) is 1.80. The molecular weight excluding hydrogens is 242 g/mol. The number of methoxy groups -OCH3 is 1. The Hall–Kier alpha value is -0.370. The second-order valence-electron chi connectivity index (χ2n) is 2.62. The van der Waals surface area contributed by atoms with Crippen molar-refractivity contribution in [1.29, 1.82) is 0 Å². The van der Waals surface area contributed by atoms with E-state index in [-0.39, 0.29) is 0 Å². The summed E-state index contributed by atoms with van der Waals surface area (Å²) in [5.41, 5.74) is 1.27. The highest BCUT2D eigenvalue weighted by atomic mass is 35.6. The van der Waals surface area contributed by atoms with Gasteiger partial charge in [-0.1, -0.05) is 59.6 Å². The first-order chi connectivity index (χ1) is 6.50. The van der Waals surface area contributed by atoms with Crippen LogP contribution in [0.25, 0.3) is 6.08 Å². The lowest BCUT2D eigenvalue weighted by atomic mass is 10.1. The van der Waals surface area contributed by atoms with Crippen LogP contribution in [0.3, 0.4) is 0 Å². The molecule has 0 spiro atoms. The van der Waals surface area contributed by atoms with E-state index in [0.29, 0.717) is 16.9 Å². The van der Waals surface area contributed by atoms with Crippen molar-refractivity contribution in [1.82, 2.24) is 0 Å². The zero-order valence-corrected chi connectivity index (χ0v) is 9.83. The Kier molecular flexibility index (Phi) is 3.71. The van der Waals surface area contributed by atoms with Gasteiger partial charge < -0.3 is 4.74 Å². The van der Waals surface area contributed by atoms with Gasteiger partial charge in [0.15, 0.2) is 0 Å². The molecule has 0 fully saturated rings. The van der Waals surface area contributed by atoms with Crippen LogP contribution in [0, 0.1) is 0 Å². The lowest BCUT2D eigenvalue weighted by Gasteiger charge is -2.16. The smallest absolute Gasteiger partial charge is 0.216 e. The molecule has 0 saturated carbocycles. The zero-order valence-electron chi connectivity index (χ0n) is 7.56. The van der Waals surface area contributed by atoms with Crippen LogP contribution in [0.2, 0.25) is 0 Å². The molecule has 0 unspecified atom stereocenters. The molecule has 0 aliphatic heterocycles. The average Bonchev–Trinajstić information content (AvgIpc) is 2.15. The Bertz CT molecular complexity index is 342. The quantitative estimate of drug-likeness (QED) is 0.717. The summed E-state index contributed by atoms with van der Waals surface area (Å²) in [5, 5.41) is 0. The molecule has 4 heteroatoms. The van der Waals surface area contributed by atoms with Crippen LogP contribution in [0.5, 0.6) is 5.75 Å². The highest BCUT2D eigenvalue weighted by molar-refractivity contribution is 6.66. The van der Waals surface area contributed by atoms with Gasteiger partial charge >= 0.3 is 0 Å². The maximum Gasteiger partial charge on any atom is 0.216 e. The molecule has 1 aromatic rings. The van der Waals surface area contributed by atoms with Crippen molar-refractivity contribution in [3.05, 3.63) is 35.9 Å². The molecule has 0 bridgehead atoms. The molecule has 0 N–H and O–H groups in total. The van der Waals surface area contributed by atoms with Crippen molar-refractivity contribution < 1.29 is 4.74 Å². The van der Waals surface area contributed by atoms with Crippen molar-refractivity contribution in [2.45, 2.75) is 3.79 Å². The van der Waals surface area contributed by atoms with Crippen molar-refractivity contribution in [2.75, 3.05) is 7.11 Å². The first-order valence-electron chi connectivity index (χ1n) is 3.87. The maximum atomic E-state index is 5.80. The number of hydrogen-bond acceptors (Lipinski definition) is 1. The third kappa shape index (κ3) is 2.35. The van der Waals surface area contributed by atoms with Crippen LogP contribution in [-0.2, 0) is 3.79 Å². The summed E-state index contributed by atoms with van der Waals surface area (Å²) < 4.78 is 3.66. The molecule has 0 atom stereocenters. The summed E-state index contributed by atoms with van der Waals surface area (Å²) in [4.78, 5) is 0. The molecule has 1 aromatic carbocycles. The fraction of sp³-hybridized carbons (Fsp3) is 0.200. The van der Waals surface area contributed by atoms with Gasteiger partial charge in [0.1, 0.15) is 5.75 Å². The predicted octanol–water partition coefficient (Wildman–Crippen LogP) is 4.16. The Morgan fingerprint density at radius 1 is 1.36 bits per heavy atom. The van der Waals surface area contributed by atoms with E-state index >= 15 is 0 Å². The first-order valence-corrected chi connectivity index (χ1v) is 5.00. The first kappa shape index (κ1) is 11.7. The Morgan fingerprint density at radius 2 is 2.00 bits per heavy atom. The number of hydrogen-bond donors (Lipinski definition) is 0. The van der Waals surface area contributed by atoms with Gasteiger partial charge in [0.25, 0.3) is 0 Å². The lowest BCUT2D eigenvalue weighted by Crippen LogP contribution is -2.04. The zero-order chi connectivity index (χ0) is 10.8. The lowest BCUT2D eigenvalue weighted by molar-refractivity contribution is 0.413. The van der Waals surface area contributed by atoms with E-state index in [1.54, 1.807) is 31.4 Å². The van der Waals surface area contributed by atoms with Gasteiger partial charge in [-0.15, -0.1) is 0 Å². The van der Waals surface area contributed by atoms with E-state index in [0.717, 1.165) is 0 Å². The summed E-state index contributed by atoms with van der Waals surface area (Å²) in [5.74, 6) is 0.642. The molecule has 14 heavy (non-hydrogen) atoms. The molecule has 1 nitrogen and oxygen atoms in total. The van der Waals surface area contributed by atoms with E-state index in [1.165, 1.54) is 0 Å². The van der Waals surface area contributed by atoms with Gasteiger partial charge in [-0.3, -0.25) is 0 Å². The van der Waals surface area contributed by atoms with Gasteiger partial charge in [-0.2, -0.15) is 0 Å². The Balaban J connectivity index is 3.37. The standard InChI is InChI=1S/C10H9Cl3O/c1-3-7-8(10(11,12)13)5-4-6-9(7)14-2/h3-6H,1H2,2H3. The fourth-order valence-corrected chi connectivity index (χ4v) is 1.67. The molecular formula is C10H9Cl3O. The van der Waals surface area contributed by atoms with Crippen LogP contribution in [0.4, 0.5) is 0 Å². The number of benzene rings is 1. The van der Waals surface area contributed by atoms with Gasteiger partial charge in [-0.25, -0.2) is 0 Å². The molecule has 0 aliphatic carbocycles. The van der Waals surface area contributed by atoms with Crippen LogP contribution in [0.15, 0.2) is 24.8 Å². The largest absolute Gasteiger partial charge is 0.496 e. The Labute approximate surface area is 98.2 Å². The second-order valence-corrected chi connectivity index (χ2v) is 4.90. The monoisotopic (exact) mass is 250 g/mol. The molecule has 1 rings (SSSR count). The van der Waals surface area contributed by atoms with E-state index in [4.69, 9.17) is 39.5 Å². The van der Waals surface area contributed by atoms with E-state index in [1.807, 2.05) is 0 Å². The average molecular weight is 252 g/mol. The third-order valence-corrected chi connectivity index (χ3v) is 2.41. The van der Waals surface area contributed by atoms with Crippen LogP contribution < -0.4 is 4.74 Å². The number of ether oxygens (including phenoxy) is 1. The van der Waals surface area contributed by atoms with E-state index < -0.39 is 3.79 Å². The van der Waals surface area contributed by atoms with Gasteiger partial charge in [0.2, 0.25) is 3.79 Å². The van der Waals surface area contributed by atoms with Crippen LogP contribution in [0.1, 0.15) is 11.1 Å². The van der Waals surface area contributed by atoms with E-state index in [2.05, 4.69) is 6.58 Å². The Morgan fingerprint density at radius 3 is 2.43 bits per heavy atom. The SMILES string of the molecule is C=Cc1c(OC)cccc1C(Cl)(Cl)Cl. The minimum Gasteiger partial charge on any atom is -0.496 e. The summed E-state index contributed by atoms with van der Waals surface area (Å²) in [6.45, 7) is 3.66. The normalized spacial score (nSPS) is 11.1. The number of rotatable bonds is 2. The molecule has 0 radical (unpaired) electrons. The molecule has 0 saturated heterocycles. The van der Waals surface area contributed by atoms with Gasteiger partial charge in [0, 0.05) is 11.1 Å². The minimum atomic E-state index is -1.46. The molecule has 0 aliphatic rings. The summed E-state index contributed by atoms with van der Waals surface area (Å²) >= 11 is 17.4. The van der Waals surface area contributed by atoms with Crippen molar-refractivity contribution in [3.63, 3.8) is 0 Å². The summed E-state index contributed by atoms with van der Waals surface area (Å²) in [6, 6.07) is 5.28. The minimum absolute atomic E-state index is 0.567. The molecule has 0 heterocycles. The van der Waals surface area contributed by atoms with Crippen molar-refractivity contribution in [2.24, 2.45) is 0 Å². The second kappa shape index (κ2) is 4.43. The number of halogens is 3. The van der Waals surface area contributed by atoms with Crippen molar-refractivity contribution >= 4 is 40.9 Å². The van der Waals surface area contributed by atoms with Gasteiger partial charge in [0.05, 0.1) is 7.11 Å².